The zero-order chi connectivity index (χ0) is 32.7. The predicted molar refractivity (Wildman–Crippen MR) is 152 cm³/mol. The van der Waals surface area contributed by atoms with E-state index >= 15 is 0 Å². The van der Waals surface area contributed by atoms with E-state index in [2.05, 4.69) is 9.98 Å². The Morgan fingerprint density at radius 1 is 0.565 bits per heavy atom. The molecule has 0 bridgehead atoms. The van der Waals surface area contributed by atoms with Crippen LogP contribution in [0.3, 0.4) is 0 Å². The van der Waals surface area contributed by atoms with Gasteiger partial charge in [0.15, 0.2) is 0 Å². The summed E-state index contributed by atoms with van der Waals surface area (Å²) in [4.78, 5) is 13.3. The summed E-state index contributed by atoms with van der Waals surface area (Å²) in [6.07, 6.45) is -8.00. The lowest BCUT2D eigenvalue weighted by molar-refractivity contribution is -0.140. The van der Waals surface area contributed by atoms with Gasteiger partial charge in [-0.15, -0.1) is 0 Å². The lowest BCUT2D eigenvalue weighted by Crippen LogP contribution is -2.07. The molecule has 13 heteroatoms. The first-order valence-corrected chi connectivity index (χ1v) is 13.3. The van der Waals surface area contributed by atoms with Crippen LogP contribution in [-0.4, -0.2) is 9.97 Å². The number of halogens is 8. The third kappa shape index (κ3) is 4.44. The number of nitrogens with zero attached hydrogens (tertiary/aromatic N) is 4. The van der Waals surface area contributed by atoms with E-state index in [-0.39, 0.29) is 43.9 Å². The molecule has 0 saturated carbocycles. The predicted octanol–water partition coefficient (Wildman–Crippen LogP) is 8.48. The van der Waals surface area contributed by atoms with E-state index in [1.807, 2.05) is 0 Å². The number of rotatable bonds is 2. The minimum Gasteiger partial charge on any atom is -0.298 e. The fraction of sp³-hybridized carbons (Fsp3) is 0.0606. The topological polar surface area (TPSA) is 85.8 Å². The molecule has 1 N–H and O–H groups in total. The smallest absolute Gasteiger partial charge is 0.298 e. The third-order valence-electron chi connectivity index (χ3n) is 7.81. The summed E-state index contributed by atoms with van der Waals surface area (Å²) in [7, 11) is 0. The summed E-state index contributed by atoms with van der Waals surface area (Å²) >= 11 is 0. The lowest BCUT2D eigenvalue weighted by Gasteiger charge is -2.09. The van der Waals surface area contributed by atoms with Crippen molar-refractivity contribution in [3.63, 3.8) is 0 Å². The molecule has 6 aromatic carbocycles. The molecule has 1 aromatic heterocycles. The summed E-state index contributed by atoms with van der Waals surface area (Å²) in [5.41, 5.74) is -0.797. The fourth-order valence-electron chi connectivity index (χ4n) is 5.68. The lowest BCUT2D eigenvalue weighted by atomic mass is 10.0. The molecule has 0 aliphatic rings. The molecule has 0 fully saturated rings. The Hall–Kier alpha value is -5.77. The van der Waals surface area contributed by atoms with Gasteiger partial charge in [-0.2, -0.15) is 36.6 Å². The summed E-state index contributed by atoms with van der Waals surface area (Å²) in [5.74, 6) is -2.87. The minimum atomic E-state index is -4.86. The maximum absolute atomic E-state index is 14.3. The van der Waals surface area contributed by atoms with E-state index in [0.29, 0.717) is 44.8 Å². The van der Waals surface area contributed by atoms with Crippen molar-refractivity contribution in [1.82, 2.24) is 9.97 Å². The highest BCUT2D eigenvalue weighted by Gasteiger charge is 2.35. The first kappa shape index (κ1) is 29.0. The number of aromatic nitrogens is 2. The molecule has 0 spiro atoms. The van der Waals surface area contributed by atoms with Crippen LogP contribution in [-0.2, 0) is 12.4 Å². The van der Waals surface area contributed by atoms with Crippen molar-refractivity contribution >= 4 is 43.6 Å². The van der Waals surface area contributed by atoms with E-state index in [0.717, 1.165) is 24.3 Å². The van der Waals surface area contributed by atoms with Crippen LogP contribution in [0.15, 0.2) is 77.8 Å². The molecule has 7 aromatic rings. The van der Waals surface area contributed by atoms with Crippen LogP contribution in [0.25, 0.3) is 65.9 Å². The zero-order valence-corrected chi connectivity index (χ0v) is 22.7. The van der Waals surface area contributed by atoms with E-state index in [1.54, 1.807) is 30.5 Å². The second kappa shape index (κ2) is 9.87. The second-order valence-electron chi connectivity index (χ2n) is 10.5. The highest BCUT2D eigenvalue weighted by Crippen LogP contribution is 2.37. The number of nitriles is 1. The molecule has 5 nitrogen and oxygen atoms in total. The van der Waals surface area contributed by atoms with Crippen molar-refractivity contribution in [3.05, 3.63) is 106 Å². The van der Waals surface area contributed by atoms with Gasteiger partial charge >= 0.3 is 12.4 Å². The van der Waals surface area contributed by atoms with Crippen LogP contribution >= 0.6 is 0 Å². The summed E-state index contributed by atoms with van der Waals surface area (Å²) in [5, 5.41) is 20.0. The van der Waals surface area contributed by atoms with Gasteiger partial charge in [-0.05, 0) is 58.7 Å². The molecular weight excluding hydrogens is 618 g/mol. The van der Waals surface area contributed by atoms with Crippen LogP contribution < -0.4 is 10.7 Å². The number of benzene rings is 4. The molecule has 226 valence electrons. The number of hydrogen-bond donors (Lipinski definition) is 1. The average Bonchev–Trinajstić information content (AvgIpc) is 3.45. The quantitative estimate of drug-likeness (QED) is 0.153. The highest BCUT2D eigenvalue weighted by atomic mass is 19.4. The maximum atomic E-state index is 14.3. The van der Waals surface area contributed by atoms with Crippen molar-refractivity contribution in [2.75, 3.05) is 0 Å². The Morgan fingerprint density at radius 3 is 1.50 bits per heavy atom. The van der Waals surface area contributed by atoms with E-state index < -0.39 is 35.1 Å². The van der Waals surface area contributed by atoms with Crippen LogP contribution in [0, 0.1) is 28.5 Å². The van der Waals surface area contributed by atoms with Gasteiger partial charge < -0.3 is 0 Å². The van der Waals surface area contributed by atoms with Gasteiger partial charge in [0.05, 0.1) is 27.5 Å². The van der Waals surface area contributed by atoms with E-state index in [1.165, 1.54) is 12.1 Å². The van der Waals surface area contributed by atoms with Crippen molar-refractivity contribution in [2.24, 2.45) is 4.99 Å². The standard InChI is InChI=1S/C33H13F8N5/c34-24-11-16(3-7-22(24)32(36,37)38)14-1-5-18-20(9-14)26(43)30-28(18)46-31-27(44-13-42)21-10-15(2-6-19(21)29(31)45-30)17-4-8-23(25(35)12-17)33(39,40)41/h1-12,43H. The molecule has 1 heterocycles. The van der Waals surface area contributed by atoms with Crippen molar-refractivity contribution in [2.45, 2.75) is 12.4 Å². The largest absolute Gasteiger partial charge is 0.419 e. The minimum absolute atomic E-state index is 0.0430. The van der Waals surface area contributed by atoms with Crippen molar-refractivity contribution in [3.8, 4) is 28.4 Å². The Labute approximate surface area is 251 Å². The molecule has 0 amide bonds. The zero-order valence-electron chi connectivity index (χ0n) is 22.7. The van der Waals surface area contributed by atoms with Crippen molar-refractivity contribution < 1.29 is 35.1 Å². The SMILES string of the molecule is N#CN=c1c2cc(-c3ccc(C(F)(F)F)c(F)c3)ccc2c2nc3c(=N)c4cc(-c5ccc(C(F)(F)F)c(F)c5)ccc4c3nc12. The van der Waals surface area contributed by atoms with Gasteiger partial charge in [-0.3, -0.25) is 5.41 Å². The fourth-order valence-corrected chi connectivity index (χ4v) is 5.68. The Bertz CT molecular complexity index is 2570. The number of hydrogen-bond acceptors (Lipinski definition) is 5. The molecule has 7 rings (SSSR count). The Kier molecular flexibility index (Phi) is 6.21. The van der Waals surface area contributed by atoms with Gasteiger partial charge in [0.2, 0.25) is 6.19 Å². The van der Waals surface area contributed by atoms with Crippen LogP contribution in [0.2, 0.25) is 0 Å². The summed E-state index contributed by atoms with van der Waals surface area (Å²) < 4.78 is 107. The molecule has 0 aliphatic carbocycles. The van der Waals surface area contributed by atoms with Crippen LogP contribution in [0.5, 0.6) is 0 Å². The van der Waals surface area contributed by atoms with Crippen molar-refractivity contribution in [1.29, 1.82) is 10.7 Å². The van der Waals surface area contributed by atoms with Gasteiger partial charge in [0.25, 0.3) is 0 Å². The normalized spacial score (nSPS) is 13.0. The third-order valence-corrected chi connectivity index (χ3v) is 7.81. The molecule has 0 aliphatic heterocycles. The second-order valence-corrected chi connectivity index (χ2v) is 10.5. The Morgan fingerprint density at radius 2 is 1.00 bits per heavy atom. The number of fused-ring (bicyclic) bond motifs is 6. The monoisotopic (exact) mass is 631 g/mol. The number of nitrogens with one attached hydrogen (secondary N) is 1. The van der Waals surface area contributed by atoms with E-state index in [4.69, 9.17) is 10.4 Å². The summed E-state index contributed by atoms with van der Waals surface area (Å²) in [6.45, 7) is 0. The van der Waals surface area contributed by atoms with Gasteiger partial charge in [-0.1, -0.05) is 36.4 Å². The number of alkyl halides is 6. The van der Waals surface area contributed by atoms with Gasteiger partial charge in [0, 0.05) is 21.5 Å². The van der Waals surface area contributed by atoms with E-state index in [9.17, 15) is 40.4 Å². The Balaban J connectivity index is 1.40. The van der Waals surface area contributed by atoms with Crippen LogP contribution in [0.1, 0.15) is 11.1 Å². The highest BCUT2D eigenvalue weighted by molar-refractivity contribution is 6.15. The summed E-state index contributed by atoms with van der Waals surface area (Å²) in [6, 6.07) is 14.4. The van der Waals surface area contributed by atoms with Crippen LogP contribution in [0.4, 0.5) is 35.1 Å². The first-order valence-electron chi connectivity index (χ1n) is 13.3. The van der Waals surface area contributed by atoms with Gasteiger partial charge in [-0.25, -0.2) is 18.7 Å². The maximum Gasteiger partial charge on any atom is 0.419 e. The molecule has 0 saturated heterocycles. The van der Waals surface area contributed by atoms with Gasteiger partial charge in [0.1, 0.15) is 28.0 Å². The average molecular weight is 631 g/mol. The molecular formula is C33H13F8N5. The molecule has 0 unspecified atom stereocenters. The molecule has 0 atom stereocenters. The molecule has 46 heavy (non-hydrogen) atoms. The first-order chi connectivity index (χ1) is 21.8. The molecule has 0 radical (unpaired) electrons.